The van der Waals surface area contributed by atoms with E-state index >= 15 is 0 Å². The molecule has 5 nitrogen and oxygen atoms in total. The Kier molecular flexibility index (Phi) is 6.04. The molecule has 0 saturated carbocycles. The van der Waals surface area contributed by atoms with Crippen molar-refractivity contribution in [2.75, 3.05) is 20.3 Å². The van der Waals surface area contributed by atoms with Gasteiger partial charge in [-0.15, -0.1) is 11.8 Å². The molecule has 2 aromatic carbocycles. The van der Waals surface area contributed by atoms with E-state index in [0.717, 1.165) is 16.6 Å². The fourth-order valence-corrected chi connectivity index (χ4v) is 6.07. The molecule has 0 radical (unpaired) electrons. The molecule has 3 aromatic rings. The molecule has 34 heavy (non-hydrogen) atoms. The highest BCUT2D eigenvalue weighted by atomic mass is 32.2. The summed E-state index contributed by atoms with van der Waals surface area (Å²) in [6.45, 7) is 2.83. The number of hydrogen-bond donors (Lipinski definition) is 0. The van der Waals surface area contributed by atoms with Crippen molar-refractivity contribution in [3.8, 4) is 5.69 Å². The molecule has 0 bridgehead atoms. The third kappa shape index (κ3) is 3.95. The Bertz CT molecular complexity index is 1330. The van der Waals surface area contributed by atoms with E-state index in [1.165, 1.54) is 30.0 Å². The lowest BCUT2D eigenvalue weighted by atomic mass is 10.00. The lowest BCUT2D eigenvalue weighted by Gasteiger charge is -2.26. The molecule has 2 atom stereocenters. The number of halogens is 2. The summed E-state index contributed by atoms with van der Waals surface area (Å²) in [6.07, 6.45) is 0.939. The van der Waals surface area contributed by atoms with Crippen LogP contribution in [0.4, 0.5) is 8.78 Å². The number of fused-ring (bicyclic) bond motifs is 3. The number of carbonyl (C=O) groups is 1. The summed E-state index contributed by atoms with van der Waals surface area (Å²) >= 11 is 1.45. The van der Waals surface area contributed by atoms with Crippen molar-refractivity contribution in [2.45, 2.75) is 36.0 Å². The molecule has 1 amide bonds. The zero-order chi connectivity index (χ0) is 24.0. The molecule has 2 aliphatic rings. The van der Waals surface area contributed by atoms with Gasteiger partial charge < -0.3 is 14.2 Å². The highest BCUT2D eigenvalue weighted by Crippen LogP contribution is 2.45. The number of amides is 1. The van der Waals surface area contributed by atoms with Crippen molar-refractivity contribution in [3.05, 3.63) is 92.9 Å². The Hall–Kier alpha value is -2.97. The Labute approximate surface area is 200 Å². The molecule has 2 aliphatic heterocycles. The molecule has 3 heterocycles. The number of rotatable bonds is 3. The van der Waals surface area contributed by atoms with Crippen LogP contribution < -0.4 is 5.43 Å². The van der Waals surface area contributed by atoms with E-state index in [4.69, 9.17) is 4.74 Å². The molecular formula is C26H24F2N2O3S. The smallest absolute Gasteiger partial charge is 0.259 e. The number of thioether (sulfide) groups is 1. The summed E-state index contributed by atoms with van der Waals surface area (Å²) < 4.78 is 35.9. The van der Waals surface area contributed by atoms with Gasteiger partial charge in [-0.3, -0.25) is 9.59 Å². The molecule has 176 valence electrons. The van der Waals surface area contributed by atoms with E-state index in [1.54, 1.807) is 11.9 Å². The summed E-state index contributed by atoms with van der Waals surface area (Å²) in [5.74, 6) is -1.66. The number of nitrogens with zero attached hydrogens (tertiary/aromatic N) is 2. The average molecular weight is 483 g/mol. The standard InChI is InChI=1S/C26H24F2N2O3S/c1-15-11-22(31)25(26(32)29(2)17-9-10-33-14-17)21-13-24(18-8-7-16(27)12-19(18)28)34-23-6-4-3-5-20(23)30(15)21/h3-8,11-12,17,24H,9-10,13-14H2,1-2H3. The van der Waals surface area contributed by atoms with Crippen molar-refractivity contribution >= 4 is 17.7 Å². The van der Waals surface area contributed by atoms with Gasteiger partial charge in [0.15, 0.2) is 5.43 Å². The van der Waals surface area contributed by atoms with Crippen LogP contribution in [-0.4, -0.2) is 41.7 Å². The average Bonchev–Trinajstić information content (AvgIpc) is 3.28. The number of benzene rings is 2. The molecule has 8 heteroatoms. The van der Waals surface area contributed by atoms with E-state index in [1.807, 2.05) is 35.8 Å². The lowest BCUT2D eigenvalue weighted by molar-refractivity contribution is 0.0708. The summed E-state index contributed by atoms with van der Waals surface area (Å²) in [7, 11) is 1.69. The molecule has 1 aromatic heterocycles. The van der Waals surface area contributed by atoms with E-state index in [0.29, 0.717) is 36.6 Å². The van der Waals surface area contributed by atoms with Crippen LogP contribution in [-0.2, 0) is 11.2 Å². The van der Waals surface area contributed by atoms with Gasteiger partial charge in [0.05, 0.1) is 18.3 Å². The van der Waals surface area contributed by atoms with Crippen molar-refractivity contribution in [2.24, 2.45) is 0 Å². The largest absolute Gasteiger partial charge is 0.379 e. The lowest BCUT2D eigenvalue weighted by Crippen LogP contribution is -2.41. The Morgan fingerprint density at radius 3 is 2.71 bits per heavy atom. The first kappa shape index (κ1) is 22.8. The predicted octanol–water partition coefficient (Wildman–Crippen LogP) is 4.67. The molecule has 0 aliphatic carbocycles. The zero-order valence-corrected chi connectivity index (χ0v) is 19.7. The molecule has 0 N–H and O–H groups in total. The predicted molar refractivity (Wildman–Crippen MR) is 127 cm³/mol. The molecule has 1 saturated heterocycles. The van der Waals surface area contributed by atoms with Gasteiger partial charge in [-0.1, -0.05) is 18.2 Å². The van der Waals surface area contributed by atoms with Crippen LogP contribution in [0.3, 0.4) is 0 Å². The van der Waals surface area contributed by atoms with Crippen LogP contribution in [0, 0.1) is 18.6 Å². The van der Waals surface area contributed by atoms with Gasteiger partial charge in [-0.2, -0.15) is 0 Å². The van der Waals surface area contributed by atoms with Crippen molar-refractivity contribution in [1.29, 1.82) is 0 Å². The molecular weight excluding hydrogens is 458 g/mol. The van der Waals surface area contributed by atoms with Gasteiger partial charge in [0.1, 0.15) is 17.2 Å². The zero-order valence-electron chi connectivity index (χ0n) is 18.9. The Balaban J connectivity index is 1.71. The number of likely N-dealkylation sites (N-methyl/N-ethyl adjacent to an activating group) is 1. The number of pyridine rings is 1. The number of aromatic nitrogens is 1. The SMILES string of the molecule is Cc1cc(=O)c(C(=O)N(C)C2CCOC2)c2n1-c1ccccc1SC(c1ccc(F)cc1F)C2. The highest BCUT2D eigenvalue weighted by molar-refractivity contribution is 7.99. The normalized spacial score (nSPS) is 19.3. The number of hydrogen-bond acceptors (Lipinski definition) is 4. The topological polar surface area (TPSA) is 51.5 Å². The minimum atomic E-state index is -0.649. The molecule has 0 spiro atoms. The number of carbonyl (C=O) groups excluding carboxylic acids is 1. The second-order valence-electron chi connectivity index (χ2n) is 8.68. The second-order valence-corrected chi connectivity index (χ2v) is 9.93. The summed E-state index contributed by atoms with van der Waals surface area (Å²) in [6, 6.07) is 12.6. The van der Waals surface area contributed by atoms with Gasteiger partial charge in [-0.25, -0.2) is 8.78 Å². The van der Waals surface area contributed by atoms with Gasteiger partial charge in [0.25, 0.3) is 5.91 Å². The Morgan fingerprint density at radius 2 is 1.97 bits per heavy atom. The monoisotopic (exact) mass is 482 g/mol. The van der Waals surface area contributed by atoms with E-state index in [2.05, 4.69) is 0 Å². The van der Waals surface area contributed by atoms with Crippen LogP contribution in [0.25, 0.3) is 5.69 Å². The molecule has 5 rings (SSSR count). The first-order valence-corrected chi connectivity index (χ1v) is 12.0. The van der Waals surface area contributed by atoms with E-state index < -0.39 is 16.9 Å². The fraction of sp³-hybridized carbons (Fsp3) is 0.308. The van der Waals surface area contributed by atoms with Crippen molar-refractivity contribution < 1.29 is 18.3 Å². The third-order valence-electron chi connectivity index (χ3n) is 6.55. The van der Waals surface area contributed by atoms with Crippen LogP contribution in [0.1, 0.15) is 39.0 Å². The molecule has 2 unspecified atom stereocenters. The van der Waals surface area contributed by atoms with E-state index in [9.17, 15) is 18.4 Å². The maximum Gasteiger partial charge on any atom is 0.259 e. The first-order valence-electron chi connectivity index (χ1n) is 11.2. The molecule has 1 fully saturated rings. The van der Waals surface area contributed by atoms with Crippen molar-refractivity contribution in [3.63, 3.8) is 0 Å². The van der Waals surface area contributed by atoms with E-state index in [-0.39, 0.29) is 29.4 Å². The summed E-state index contributed by atoms with van der Waals surface area (Å²) in [5.41, 5.74) is 2.11. The number of para-hydroxylation sites is 1. The quantitative estimate of drug-likeness (QED) is 0.544. The summed E-state index contributed by atoms with van der Waals surface area (Å²) in [5, 5.41) is -0.455. The third-order valence-corrected chi connectivity index (χ3v) is 7.85. The van der Waals surface area contributed by atoms with Crippen LogP contribution in [0.5, 0.6) is 0 Å². The fourth-order valence-electron chi connectivity index (χ4n) is 4.77. The first-order chi connectivity index (χ1) is 16.3. The van der Waals surface area contributed by atoms with Gasteiger partial charge in [0, 0.05) is 59.3 Å². The van der Waals surface area contributed by atoms with Gasteiger partial charge >= 0.3 is 0 Å². The maximum atomic E-state index is 14.9. The van der Waals surface area contributed by atoms with Crippen LogP contribution >= 0.6 is 11.8 Å². The highest BCUT2D eigenvalue weighted by Gasteiger charge is 2.33. The van der Waals surface area contributed by atoms with Crippen LogP contribution in [0.15, 0.2) is 58.2 Å². The summed E-state index contributed by atoms with van der Waals surface area (Å²) in [4.78, 5) is 29.3. The number of aryl methyl sites for hydroxylation is 1. The number of ether oxygens (including phenoxy) is 1. The maximum absolute atomic E-state index is 14.9. The minimum Gasteiger partial charge on any atom is -0.379 e. The minimum absolute atomic E-state index is 0.0878. The van der Waals surface area contributed by atoms with Crippen LogP contribution in [0.2, 0.25) is 0 Å². The van der Waals surface area contributed by atoms with Crippen molar-refractivity contribution in [1.82, 2.24) is 9.47 Å². The second kappa shape index (κ2) is 9.00. The van der Waals surface area contributed by atoms with Gasteiger partial charge in [0.2, 0.25) is 0 Å². The van der Waals surface area contributed by atoms with Gasteiger partial charge in [-0.05, 0) is 31.5 Å². The Morgan fingerprint density at radius 1 is 1.18 bits per heavy atom.